The molecule has 10 nitrogen and oxygen atoms in total. The van der Waals surface area contributed by atoms with Gasteiger partial charge in [-0.1, -0.05) is 0 Å². The number of unbranched alkanes of at least 4 members (excludes halogenated alkanes) is 1. The van der Waals surface area contributed by atoms with E-state index in [1.807, 2.05) is 0 Å². The number of allylic oxidation sites excluding steroid dienone is 2. The first-order valence-corrected chi connectivity index (χ1v) is 4.50. The first-order chi connectivity index (χ1) is 14.6. The van der Waals surface area contributed by atoms with Gasteiger partial charge < -0.3 is 12.2 Å². The predicted molar refractivity (Wildman–Crippen MR) is 66.5 cm³/mol. The normalized spacial score (nSPS) is 3.38. The number of rotatable bonds is 3. The van der Waals surface area contributed by atoms with E-state index < -0.39 is 12.2 Å². The zero-order valence-corrected chi connectivity index (χ0v) is 17.1. The van der Waals surface area contributed by atoms with E-state index in [0.29, 0.717) is 0 Å². The second-order valence-electron chi connectivity index (χ2n) is 1.37. The minimum absolute atomic E-state index is 0. The molecule has 0 saturated carbocycles. The van der Waals surface area contributed by atoms with Crippen LogP contribution in [0.5, 0.6) is 0 Å². The van der Waals surface area contributed by atoms with Gasteiger partial charge in [-0.05, 0) is 0 Å². The molecule has 0 rings (SSSR count). The van der Waals surface area contributed by atoms with E-state index in [-0.39, 0.29) is 47.0 Å². The zero-order chi connectivity index (χ0) is 28.0. The van der Waals surface area contributed by atoms with Crippen LogP contribution in [0.25, 0.3) is 0 Å². The Morgan fingerprint density at radius 1 is 0.375 bits per heavy atom. The van der Waals surface area contributed by atoms with Gasteiger partial charge in [0.05, 0.1) is 12.2 Å². The molecule has 0 unspecified atom stereocenters. The molecule has 0 aliphatic rings. The molecule has 0 aromatic carbocycles. The molecule has 0 aliphatic heterocycles. The van der Waals surface area contributed by atoms with Gasteiger partial charge in [-0.3, -0.25) is 0 Å². The standard InChI is InChI=1S/C6H4F4.10CO.2Mn/c7-5(8)3-1-2-4-6(9)10;10*1-2;;/h1-2H2;;;;;;;;;;;;/q-2;;;;;;;;;;;;. The van der Waals surface area contributed by atoms with Crippen LogP contribution in [-0.2, 0) is 80.7 Å². The van der Waals surface area contributed by atoms with E-state index in [1.54, 1.807) is 12.2 Å². The summed E-state index contributed by atoms with van der Waals surface area (Å²) in [6.45, 7) is 45.0. The molecule has 0 atom stereocenters. The predicted octanol–water partition coefficient (Wildman–Crippen LogP) is 2.55. The summed E-state index contributed by atoms with van der Waals surface area (Å²) < 4.78 is 120. The molecule has 2 radical (unpaired) electrons. The van der Waals surface area contributed by atoms with Crippen LogP contribution >= 0.6 is 0 Å². The van der Waals surface area contributed by atoms with Gasteiger partial charge in [-0.2, -0.15) is 0 Å². The van der Waals surface area contributed by atoms with E-state index in [9.17, 15) is 17.6 Å². The van der Waals surface area contributed by atoms with E-state index in [2.05, 4.69) is 66.5 Å². The SMILES string of the molecule is FC(F)=[C-]CC[C-]=C(F)F.[C-]#[O+].[C-]#[O+].[C-]#[O+].[C-]#[O+].[C-]#[O+].[C-]#[O+].[C-]#[O+].[C-]#[O+].[C-]#[O+].[C-]#[O+].[Mn].[Mn]. The van der Waals surface area contributed by atoms with Gasteiger partial charge in [0, 0.05) is 34.1 Å². The van der Waals surface area contributed by atoms with Crippen molar-refractivity contribution in [2.24, 2.45) is 0 Å². The number of hydrogen-bond donors (Lipinski definition) is 0. The Morgan fingerprint density at radius 2 is 0.469 bits per heavy atom. The third-order valence-corrected chi connectivity index (χ3v) is 0.642. The molecule has 0 saturated heterocycles. The molecule has 0 fully saturated rings. The fourth-order valence-corrected chi connectivity index (χ4v) is 0.314. The summed E-state index contributed by atoms with van der Waals surface area (Å²) >= 11 is 0. The van der Waals surface area contributed by atoms with Gasteiger partial charge in [0.25, 0.3) is 0 Å². The van der Waals surface area contributed by atoms with E-state index in [1.165, 1.54) is 0 Å². The van der Waals surface area contributed by atoms with Crippen molar-refractivity contribution in [2.45, 2.75) is 12.8 Å². The molecule has 0 bridgehead atoms. The Morgan fingerprint density at radius 3 is 0.531 bits per heavy atom. The van der Waals surface area contributed by atoms with Gasteiger partial charge in [0.2, 0.25) is 0 Å². The largest absolute Gasteiger partial charge is 0 e. The Bertz CT molecular complexity index is 404. The molecule has 16 heteroatoms. The molecular formula is C16H4F4Mn2O10-2. The molecule has 0 heterocycles. The first-order valence-electron chi connectivity index (χ1n) is 4.50. The van der Waals surface area contributed by atoms with Gasteiger partial charge in [-0.25, -0.2) is 30.4 Å². The molecule has 0 spiro atoms. The second kappa shape index (κ2) is 375. The molecular weight excluding hydrogens is 538 g/mol. The average molecular weight is 542 g/mol. The Kier molecular flexibility index (Phi) is 1030. The van der Waals surface area contributed by atoms with Crippen molar-refractivity contribution in [3.8, 4) is 0 Å². The Balaban J connectivity index is -0.0000000128. The van der Waals surface area contributed by atoms with Crippen molar-refractivity contribution in [3.63, 3.8) is 0 Å². The summed E-state index contributed by atoms with van der Waals surface area (Å²) in [7, 11) is 0. The summed E-state index contributed by atoms with van der Waals surface area (Å²) in [5.74, 6) is 0. The molecule has 0 aliphatic carbocycles. The van der Waals surface area contributed by atoms with Crippen LogP contribution in [0.15, 0.2) is 12.2 Å². The molecule has 172 valence electrons. The quantitative estimate of drug-likeness (QED) is 0.166. The van der Waals surface area contributed by atoms with Crippen molar-refractivity contribution >= 4 is 0 Å². The van der Waals surface area contributed by atoms with Gasteiger partial charge in [-0.15, -0.1) is 0 Å². The Labute approximate surface area is 202 Å². The van der Waals surface area contributed by atoms with Crippen molar-refractivity contribution in [1.82, 2.24) is 0 Å². The zero-order valence-electron chi connectivity index (χ0n) is 14.8. The fraction of sp³-hybridized carbons (Fsp3) is 0.125. The van der Waals surface area contributed by atoms with Crippen LogP contribution in [0.1, 0.15) is 12.8 Å². The van der Waals surface area contributed by atoms with Gasteiger partial charge in [0.15, 0.2) is 0 Å². The number of hydrogen-bond acceptors (Lipinski definition) is 0. The minimum atomic E-state index is -1.97. The summed E-state index contributed by atoms with van der Waals surface area (Å²) in [6, 6.07) is 0. The molecule has 0 amide bonds. The van der Waals surface area contributed by atoms with Crippen LogP contribution in [0.2, 0.25) is 0 Å². The van der Waals surface area contributed by atoms with Crippen LogP contribution in [0.3, 0.4) is 0 Å². The third kappa shape index (κ3) is 911. The fourth-order valence-electron chi connectivity index (χ4n) is 0.314. The third-order valence-electron chi connectivity index (χ3n) is 0.642. The van der Waals surface area contributed by atoms with Crippen LogP contribution in [0, 0.1) is 78.7 Å². The molecule has 0 aromatic rings. The molecule has 0 aromatic heterocycles. The summed E-state index contributed by atoms with van der Waals surface area (Å²) in [5.41, 5.74) is 0. The van der Waals surface area contributed by atoms with E-state index in [0.717, 1.165) is 0 Å². The van der Waals surface area contributed by atoms with Crippen molar-refractivity contribution < 1.29 is 98.2 Å². The smallest absolute Gasteiger partial charge is 0 e. The maximum atomic E-state index is 11.1. The summed E-state index contributed by atoms with van der Waals surface area (Å²) in [4.78, 5) is 0. The second-order valence-corrected chi connectivity index (χ2v) is 1.37. The number of halogens is 4. The maximum Gasteiger partial charge on any atom is 0 e. The van der Waals surface area contributed by atoms with Crippen LogP contribution in [-0.4, -0.2) is 0 Å². The van der Waals surface area contributed by atoms with Gasteiger partial charge in [0.1, 0.15) is 0 Å². The van der Waals surface area contributed by atoms with E-state index >= 15 is 0 Å². The summed E-state index contributed by atoms with van der Waals surface area (Å²) in [6.07, 6.45) is -1.24. The maximum absolute atomic E-state index is 11.1. The average Bonchev–Trinajstić information content (AvgIpc) is 2.89. The topological polar surface area (TPSA) is 199 Å². The van der Waals surface area contributed by atoms with Gasteiger partial charge >= 0.3 is 113 Å². The van der Waals surface area contributed by atoms with Crippen molar-refractivity contribution in [1.29, 1.82) is 0 Å². The first kappa shape index (κ1) is 87.8. The van der Waals surface area contributed by atoms with Crippen molar-refractivity contribution in [2.75, 3.05) is 0 Å². The van der Waals surface area contributed by atoms with Crippen molar-refractivity contribution in [3.05, 3.63) is 90.8 Å². The minimum Gasteiger partial charge on any atom is 0 e. The molecule has 0 N–H and O–H groups in total. The van der Waals surface area contributed by atoms with Crippen LogP contribution in [0.4, 0.5) is 17.6 Å². The van der Waals surface area contributed by atoms with Crippen LogP contribution < -0.4 is 0 Å². The Hall–Kier alpha value is -2.36. The summed E-state index contributed by atoms with van der Waals surface area (Å²) in [5, 5.41) is 0. The van der Waals surface area contributed by atoms with E-state index in [4.69, 9.17) is 46.5 Å². The monoisotopic (exact) mass is 542 g/mol. The molecule has 32 heavy (non-hydrogen) atoms.